The minimum atomic E-state index is -0.328. The van der Waals surface area contributed by atoms with Crippen molar-refractivity contribution in [3.63, 3.8) is 0 Å². The molecule has 2 saturated carbocycles. The summed E-state index contributed by atoms with van der Waals surface area (Å²) < 4.78 is 0. The molecule has 0 spiro atoms. The van der Waals surface area contributed by atoms with Crippen LogP contribution >= 0.6 is 0 Å². The molecular formula is C20H24N4O2. The lowest BCUT2D eigenvalue weighted by Gasteiger charge is -2.19. The minimum absolute atomic E-state index is 0.0281. The molecule has 1 unspecified atom stereocenters. The summed E-state index contributed by atoms with van der Waals surface area (Å²) in [4.78, 5) is 33.1. The Balaban J connectivity index is 1.55. The Morgan fingerprint density at radius 1 is 1.19 bits per heavy atom. The summed E-state index contributed by atoms with van der Waals surface area (Å²) in [6.07, 6.45) is 4.79. The van der Waals surface area contributed by atoms with E-state index in [0.29, 0.717) is 11.9 Å². The van der Waals surface area contributed by atoms with Gasteiger partial charge in [0.15, 0.2) is 0 Å². The third kappa shape index (κ3) is 3.64. The second-order valence-corrected chi connectivity index (χ2v) is 7.58. The Labute approximate surface area is 152 Å². The Kier molecular flexibility index (Phi) is 4.26. The van der Waals surface area contributed by atoms with Gasteiger partial charge in [0.1, 0.15) is 5.69 Å². The molecule has 4 rings (SSSR count). The molecule has 1 heterocycles. The van der Waals surface area contributed by atoms with Crippen LogP contribution in [0.4, 0.5) is 5.95 Å². The number of H-pyrrole nitrogens is 1. The van der Waals surface area contributed by atoms with Crippen LogP contribution in [0.25, 0.3) is 0 Å². The minimum Gasteiger partial charge on any atom is -0.348 e. The van der Waals surface area contributed by atoms with Crippen molar-refractivity contribution in [3.05, 3.63) is 57.5 Å². The van der Waals surface area contributed by atoms with Crippen LogP contribution in [0, 0.1) is 5.92 Å². The number of benzene rings is 1. The largest absolute Gasteiger partial charge is 0.348 e. The third-order valence-corrected chi connectivity index (χ3v) is 5.11. The van der Waals surface area contributed by atoms with Crippen molar-refractivity contribution >= 4 is 11.9 Å². The fraction of sp³-hybridized carbons (Fsp3) is 0.450. The van der Waals surface area contributed by atoms with Crippen LogP contribution in [0.5, 0.6) is 0 Å². The van der Waals surface area contributed by atoms with Gasteiger partial charge in [-0.3, -0.25) is 14.6 Å². The molecule has 1 atom stereocenters. The molecule has 136 valence electrons. The van der Waals surface area contributed by atoms with Crippen molar-refractivity contribution in [1.29, 1.82) is 0 Å². The van der Waals surface area contributed by atoms with Gasteiger partial charge < -0.3 is 10.2 Å². The molecule has 6 heteroatoms. The number of nitrogens with one attached hydrogen (secondary N) is 2. The van der Waals surface area contributed by atoms with Crippen LogP contribution in [0.1, 0.15) is 59.3 Å². The monoisotopic (exact) mass is 352 g/mol. The molecule has 0 bridgehead atoms. The quantitative estimate of drug-likeness (QED) is 0.838. The number of hydrogen-bond donors (Lipinski definition) is 2. The smallest absolute Gasteiger partial charge is 0.270 e. The predicted molar refractivity (Wildman–Crippen MR) is 101 cm³/mol. The van der Waals surface area contributed by atoms with Crippen LogP contribution in [0.15, 0.2) is 35.1 Å². The Morgan fingerprint density at radius 2 is 1.88 bits per heavy atom. The normalized spacial score (nSPS) is 17.6. The molecule has 6 nitrogen and oxygen atoms in total. The van der Waals surface area contributed by atoms with Gasteiger partial charge in [0, 0.05) is 20.2 Å². The van der Waals surface area contributed by atoms with Gasteiger partial charge in [-0.25, -0.2) is 4.98 Å². The number of aromatic amines is 1. The first kappa shape index (κ1) is 16.8. The summed E-state index contributed by atoms with van der Waals surface area (Å²) in [6.45, 7) is 0. The zero-order valence-electron chi connectivity index (χ0n) is 15.2. The molecule has 2 fully saturated rings. The van der Waals surface area contributed by atoms with E-state index in [1.807, 2.05) is 0 Å². The van der Waals surface area contributed by atoms with Crippen LogP contribution in [-0.4, -0.2) is 30.0 Å². The number of aromatic nitrogens is 2. The van der Waals surface area contributed by atoms with Gasteiger partial charge in [-0.1, -0.05) is 24.3 Å². The van der Waals surface area contributed by atoms with E-state index in [2.05, 4.69) is 39.6 Å². The first-order valence-corrected chi connectivity index (χ1v) is 9.20. The summed E-state index contributed by atoms with van der Waals surface area (Å²) in [5, 5.41) is 3.10. The Bertz CT molecular complexity index is 864. The Hall–Kier alpha value is -2.63. The average Bonchev–Trinajstić information content (AvgIpc) is 3.52. The predicted octanol–water partition coefficient (Wildman–Crippen LogP) is 2.59. The highest BCUT2D eigenvalue weighted by molar-refractivity contribution is 5.92. The topological polar surface area (TPSA) is 78.1 Å². The van der Waals surface area contributed by atoms with E-state index in [1.165, 1.54) is 24.5 Å². The molecule has 2 aliphatic rings. The zero-order chi connectivity index (χ0) is 18.3. The van der Waals surface area contributed by atoms with Gasteiger partial charge in [0.05, 0.1) is 6.04 Å². The summed E-state index contributed by atoms with van der Waals surface area (Å²) >= 11 is 0. The highest BCUT2D eigenvalue weighted by Gasteiger charge is 2.34. The van der Waals surface area contributed by atoms with E-state index in [9.17, 15) is 9.59 Å². The van der Waals surface area contributed by atoms with E-state index in [-0.39, 0.29) is 23.2 Å². The van der Waals surface area contributed by atoms with Crippen molar-refractivity contribution in [2.24, 2.45) is 5.92 Å². The average molecular weight is 352 g/mol. The number of anilines is 1. The highest BCUT2D eigenvalue weighted by atomic mass is 16.2. The van der Waals surface area contributed by atoms with Crippen molar-refractivity contribution in [1.82, 2.24) is 15.3 Å². The third-order valence-electron chi connectivity index (χ3n) is 5.11. The van der Waals surface area contributed by atoms with E-state index in [1.54, 1.807) is 19.0 Å². The van der Waals surface area contributed by atoms with Gasteiger partial charge >= 0.3 is 0 Å². The molecule has 1 amide bonds. The SMILES string of the molecule is CN(C)c1nc(C(=O)NC(c2ccc(C3CC3)cc2)C2CC2)cc(=O)[nH]1. The number of rotatable bonds is 6. The number of carbonyl (C=O) groups is 1. The zero-order valence-corrected chi connectivity index (χ0v) is 15.2. The van der Waals surface area contributed by atoms with Crippen molar-refractivity contribution < 1.29 is 4.79 Å². The lowest BCUT2D eigenvalue weighted by atomic mass is 9.99. The Morgan fingerprint density at radius 3 is 2.46 bits per heavy atom. The number of nitrogens with zero attached hydrogens (tertiary/aromatic N) is 2. The maximum absolute atomic E-state index is 12.7. The molecule has 0 saturated heterocycles. The summed E-state index contributed by atoms with van der Waals surface area (Å²) in [6, 6.07) is 9.86. The molecule has 0 radical (unpaired) electrons. The molecule has 26 heavy (non-hydrogen) atoms. The fourth-order valence-electron chi connectivity index (χ4n) is 3.28. The van der Waals surface area contributed by atoms with Gasteiger partial charge in [0.25, 0.3) is 11.5 Å². The van der Waals surface area contributed by atoms with E-state index in [4.69, 9.17) is 0 Å². The highest BCUT2D eigenvalue weighted by Crippen LogP contribution is 2.43. The number of carbonyl (C=O) groups excluding carboxylic acids is 1. The maximum Gasteiger partial charge on any atom is 0.270 e. The molecule has 2 aromatic rings. The fourth-order valence-corrected chi connectivity index (χ4v) is 3.28. The van der Waals surface area contributed by atoms with Gasteiger partial charge in [0.2, 0.25) is 5.95 Å². The van der Waals surface area contributed by atoms with Gasteiger partial charge in [-0.15, -0.1) is 0 Å². The first-order chi connectivity index (χ1) is 12.5. The molecular weight excluding hydrogens is 328 g/mol. The van der Waals surface area contributed by atoms with Crippen molar-refractivity contribution in [2.45, 2.75) is 37.6 Å². The second kappa shape index (κ2) is 6.59. The van der Waals surface area contributed by atoms with E-state index in [0.717, 1.165) is 24.3 Å². The molecule has 1 aromatic carbocycles. The lowest BCUT2D eigenvalue weighted by molar-refractivity contribution is 0.0926. The van der Waals surface area contributed by atoms with Gasteiger partial charge in [-0.2, -0.15) is 0 Å². The number of amides is 1. The van der Waals surface area contributed by atoms with Crippen molar-refractivity contribution in [2.75, 3.05) is 19.0 Å². The number of hydrogen-bond acceptors (Lipinski definition) is 4. The molecule has 2 N–H and O–H groups in total. The molecule has 0 aliphatic heterocycles. The maximum atomic E-state index is 12.7. The summed E-state index contributed by atoms with van der Waals surface area (Å²) in [5.74, 6) is 1.26. The van der Waals surface area contributed by atoms with Crippen LogP contribution in [0.2, 0.25) is 0 Å². The van der Waals surface area contributed by atoms with E-state index >= 15 is 0 Å². The molecule has 2 aliphatic carbocycles. The summed E-state index contributed by atoms with van der Waals surface area (Å²) in [5.41, 5.74) is 2.34. The second-order valence-electron chi connectivity index (χ2n) is 7.58. The van der Waals surface area contributed by atoms with Crippen LogP contribution in [0.3, 0.4) is 0 Å². The lowest BCUT2D eigenvalue weighted by Crippen LogP contribution is -2.32. The van der Waals surface area contributed by atoms with Crippen LogP contribution in [-0.2, 0) is 0 Å². The van der Waals surface area contributed by atoms with E-state index < -0.39 is 0 Å². The first-order valence-electron chi connectivity index (χ1n) is 9.20. The van der Waals surface area contributed by atoms with Crippen molar-refractivity contribution in [3.8, 4) is 0 Å². The summed E-state index contributed by atoms with van der Waals surface area (Å²) in [7, 11) is 3.54. The van der Waals surface area contributed by atoms with Crippen LogP contribution < -0.4 is 15.8 Å². The molecule has 1 aromatic heterocycles. The van der Waals surface area contributed by atoms with Gasteiger partial charge in [-0.05, 0) is 48.6 Å². The standard InChI is InChI=1S/C20H24N4O2/c1-24(2)20-21-16(11-17(25)22-20)19(26)23-18(15-9-10-15)14-7-5-13(6-8-14)12-3-4-12/h5-8,11-12,15,18H,3-4,9-10H2,1-2H3,(H,23,26)(H,21,22,25).